The molecular formula is C17H33N3O. The summed E-state index contributed by atoms with van der Waals surface area (Å²) in [6.07, 6.45) is 9.92. The van der Waals surface area contributed by atoms with Crippen LogP contribution in [-0.4, -0.2) is 49.6 Å². The minimum atomic E-state index is 0.240. The number of carbonyl (C=O) groups excluding carboxylic acids is 1. The minimum Gasteiger partial charge on any atom is -0.352 e. The van der Waals surface area contributed by atoms with Gasteiger partial charge in [-0.1, -0.05) is 26.2 Å². The lowest BCUT2D eigenvalue weighted by molar-refractivity contribution is -0.123. The maximum absolute atomic E-state index is 12.1. The fraction of sp³-hybridized carbons (Fsp3) is 0.941. The summed E-state index contributed by atoms with van der Waals surface area (Å²) < 4.78 is 0. The number of hydrogen-bond donors (Lipinski definition) is 2. The van der Waals surface area contributed by atoms with Crippen molar-refractivity contribution in [1.29, 1.82) is 0 Å². The number of hydrogen-bond acceptors (Lipinski definition) is 3. The maximum Gasteiger partial charge on any atom is 0.234 e. The van der Waals surface area contributed by atoms with Crippen LogP contribution < -0.4 is 10.6 Å². The lowest BCUT2D eigenvalue weighted by Gasteiger charge is -2.32. The van der Waals surface area contributed by atoms with Crippen LogP contribution in [0.5, 0.6) is 0 Å². The average Bonchev–Trinajstić information content (AvgIpc) is 2.50. The normalized spacial score (nSPS) is 22.3. The van der Waals surface area contributed by atoms with Crippen LogP contribution in [0.15, 0.2) is 0 Å². The summed E-state index contributed by atoms with van der Waals surface area (Å²) in [7, 11) is 0. The van der Waals surface area contributed by atoms with E-state index in [0.717, 1.165) is 32.1 Å². The van der Waals surface area contributed by atoms with Crippen LogP contribution in [0, 0.1) is 5.92 Å². The molecule has 1 amide bonds. The van der Waals surface area contributed by atoms with Gasteiger partial charge in [0.25, 0.3) is 0 Å². The highest BCUT2D eigenvalue weighted by Crippen LogP contribution is 2.18. The highest BCUT2D eigenvalue weighted by atomic mass is 16.2. The number of amides is 1. The van der Waals surface area contributed by atoms with Crippen molar-refractivity contribution in [2.24, 2.45) is 5.92 Å². The number of carbonyl (C=O) groups is 1. The fourth-order valence-electron chi connectivity index (χ4n) is 3.55. The first-order valence-electron chi connectivity index (χ1n) is 9.00. The SMILES string of the molecule is CCCNCC1CCN(CC(=O)NC2CCCCC2)CC1. The Morgan fingerprint density at radius 2 is 1.81 bits per heavy atom. The summed E-state index contributed by atoms with van der Waals surface area (Å²) in [6, 6.07) is 0.446. The van der Waals surface area contributed by atoms with Gasteiger partial charge in [0.05, 0.1) is 6.54 Å². The Hall–Kier alpha value is -0.610. The van der Waals surface area contributed by atoms with Crippen molar-refractivity contribution < 1.29 is 4.79 Å². The zero-order chi connectivity index (χ0) is 14.9. The molecule has 2 aliphatic rings. The van der Waals surface area contributed by atoms with Crippen molar-refractivity contribution >= 4 is 5.91 Å². The van der Waals surface area contributed by atoms with E-state index in [-0.39, 0.29) is 5.91 Å². The third-order valence-corrected chi connectivity index (χ3v) is 4.90. The Bertz CT molecular complexity index is 294. The van der Waals surface area contributed by atoms with E-state index >= 15 is 0 Å². The van der Waals surface area contributed by atoms with Gasteiger partial charge in [0, 0.05) is 6.04 Å². The van der Waals surface area contributed by atoms with Crippen molar-refractivity contribution in [2.45, 2.75) is 64.3 Å². The molecule has 122 valence electrons. The molecule has 4 heteroatoms. The van der Waals surface area contributed by atoms with Gasteiger partial charge >= 0.3 is 0 Å². The van der Waals surface area contributed by atoms with Crippen molar-refractivity contribution in [3.05, 3.63) is 0 Å². The highest BCUT2D eigenvalue weighted by molar-refractivity contribution is 5.78. The Morgan fingerprint density at radius 1 is 1.10 bits per heavy atom. The summed E-state index contributed by atoms with van der Waals surface area (Å²) in [5, 5.41) is 6.74. The van der Waals surface area contributed by atoms with Gasteiger partial charge in [0.1, 0.15) is 0 Å². The van der Waals surface area contributed by atoms with E-state index in [1.54, 1.807) is 0 Å². The largest absolute Gasteiger partial charge is 0.352 e. The number of rotatable bonds is 7. The number of nitrogens with one attached hydrogen (secondary N) is 2. The quantitative estimate of drug-likeness (QED) is 0.707. The maximum atomic E-state index is 12.1. The van der Waals surface area contributed by atoms with Gasteiger partial charge in [0.2, 0.25) is 5.91 Å². The van der Waals surface area contributed by atoms with Crippen LogP contribution >= 0.6 is 0 Å². The van der Waals surface area contributed by atoms with Crippen molar-refractivity contribution in [1.82, 2.24) is 15.5 Å². The van der Waals surface area contributed by atoms with E-state index in [2.05, 4.69) is 22.5 Å². The molecule has 1 aliphatic heterocycles. The zero-order valence-corrected chi connectivity index (χ0v) is 13.7. The Kier molecular flexibility index (Phi) is 7.51. The molecule has 1 heterocycles. The summed E-state index contributed by atoms with van der Waals surface area (Å²) in [4.78, 5) is 14.4. The van der Waals surface area contributed by atoms with Crippen LogP contribution in [0.25, 0.3) is 0 Å². The van der Waals surface area contributed by atoms with Crippen molar-refractivity contribution in [3.63, 3.8) is 0 Å². The second-order valence-electron chi connectivity index (χ2n) is 6.83. The second-order valence-corrected chi connectivity index (χ2v) is 6.83. The standard InChI is InChI=1S/C17H33N3O/c1-2-10-18-13-15-8-11-20(12-9-15)14-17(21)19-16-6-4-3-5-7-16/h15-16,18H,2-14H2,1H3,(H,19,21). The van der Waals surface area contributed by atoms with E-state index in [9.17, 15) is 4.79 Å². The Labute approximate surface area is 130 Å². The molecule has 4 nitrogen and oxygen atoms in total. The summed E-state index contributed by atoms with van der Waals surface area (Å²) in [6.45, 7) is 7.25. The second kappa shape index (κ2) is 9.42. The molecule has 0 atom stereocenters. The summed E-state index contributed by atoms with van der Waals surface area (Å²) in [5.41, 5.74) is 0. The first-order chi connectivity index (χ1) is 10.3. The lowest BCUT2D eigenvalue weighted by Crippen LogP contribution is -2.45. The number of nitrogens with zero attached hydrogens (tertiary/aromatic N) is 1. The third kappa shape index (κ3) is 6.35. The molecule has 0 radical (unpaired) electrons. The monoisotopic (exact) mass is 295 g/mol. The molecule has 1 saturated carbocycles. The molecule has 2 fully saturated rings. The van der Waals surface area contributed by atoms with E-state index in [0.29, 0.717) is 12.6 Å². The smallest absolute Gasteiger partial charge is 0.234 e. The Morgan fingerprint density at radius 3 is 2.48 bits per heavy atom. The van der Waals surface area contributed by atoms with Crippen LogP contribution in [-0.2, 0) is 4.79 Å². The molecule has 0 aromatic heterocycles. The van der Waals surface area contributed by atoms with Crippen LogP contribution in [0.1, 0.15) is 58.3 Å². The van der Waals surface area contributed by atoms with Gasteiger partial charge in [0.15, 0.2) is 0 Å². The zero-order valence-electron chi connectivity index (χ0n) is 13.7. The van der Waals surface area contributed by atoms with Gasteiger partial charge in [-0.05, 0) is 64.2 Å². The summed E-state index contributed by atoms with van der Waals surface area (Å²) >= 11 is 0. The van der Waals surface area contributed by atoms with E-state index in [4.69, 9.17) is 0 Å². The number of likely N-dealkylation sites (tertiary alicyclic amines) is 1. The van der Waals surface area contributed by atoms with Gasteiger partial charge in [-0.15, -0.1) is 0 Å². The van der Waals surface area contributed by atoms with Gasteiger partial charge in [-0.25, -0.2) is 0 Å². The van der Waals surface area contributed by atoms with Crippen LogP contribution in [0.3, 0.4) is 0 Å². The lowest BCUT2D eigenvalue weighted by atomic mass is 9.95. The van der Waals surface area contributed by atoms with Gasteiger partial charge in [-0.3, -0.25) is 9.69 Å². The van der Waals surface area contributed by atoms with Gasteiger partial charge in [-0.2, -0.15) is 0 Å². The molecule has 1 aliphatic carbocycles. The summed E-state index contributed by atoms with van der Waals surface area (Å²) in [5.74, 6) is 1.04. The molecule has 21 heavy (non-hydrogen) atoms. The molecule has 0 unspecified atom stereocenters. The van der Waals surface area contributed by atoms with Gasteiger partial charge < -0.3 is 10.6 Å². The molecule has 0 spiro atoms. The van der Waals surface area contributed by atoms with E-state index in [1.165, 1.54) is 51.4 Å². The highest BCUT2D eigenvalue weighted by Gasteiger charge is 2.22. The molecule has 0 bridgehead atoms. The molecule has 1 saturated heterocycles. The minimum absolute atomic E-state index is 0.240. The predicted molar refractivity (Wildman–Crippen MR) is 87.3 cm³/mol. The fourth-order valence-corrected chi connectivity index (χ4v) is 3.55. The van der Waals surface area contributed by atoms with E-state index < -0.39 is 0 Å². The molecule has 0 aromatic carbocycles. The molecular weight excluding hydrogens is 262 g/mol. The van der Waals surface area contributed by atoms with E-state index in [1.807, 2.05) is 0 Å². The molecule has 2 N–H and O–H groups in total. The average molecular weight is 295 g/mol. The van der Waals surface area contributed by atoms with Crippen LogP contribution in [0.4, 0.5) is 0 Å². The number of piperidine rings is 1. The van der Waals surface area contributed by atoms with Crippen molar-refractivity contribution in [2.75, 3.05) is 32.7 Å². The topological polar surface area (TPSA) is 44.4 Å². The first-order valence-corrected chi connectivity index (χ1v) is 9.00. The predicted octanol–water partition coefficient (Wildman–Crippen LogP) is 2.15. The van der Waals surface area contributed by atoms with Crippen LogP contribution in [0.2, 0.25) is 0 Å². The molecule has 0 aromatic rings. The molecule has 2 rings (SSSR count). The first kappa shape index (κ1) is 16.8. The Balaban J connectivity index is 1.58. The third-order valence-electron chi connectivity index (χ3n) is 4.90. The van der Waals surface area contributed by atoms with Crippen molar-refractivity contribution in [3.8, 4) is 0 Å².